The quantitative estimate of drug-likeness (QED) is 0.811. The van der Waals surface area contributed by atoms with Crippen LogP contribution in [0.2, 0.25) is 0 Å². The van der Waals surface area contributed by atoms with Crippen LogP contribution in [0, 0.1) is 0 Å². The largest absolute Gasteiger partial charge is 0.323 e. The number of anilines is 1. The number of nitrogens with zero attached hydrogens (tertiary/aromatic N) is 3. The van der Waals surface area contributed by atoms with Gasteiger partial charge in [-0.2, -0.15) is 0 Å². The predicted molar refractivity (Wildman–Crippen MR) is 68.4 cm³/mol. The fourth-order valence-corrected chi connectivity index (χ4v) is 2.00. The van der Waals surface area contributed by atoms with Gasteiger partial charge in [-0.05, 0) is 25.3 Å². The van der Waals surface area contributed by atoms with Crippen molar-refractivity contribution in [2.75, 3.05) is 18.4 Å². The van der Waals surface area contributed by atoms with E-state index in [0.29, 0.717) is 18.3 Å². The zero-order valence-corrected chi connectivity index (χ0v) is 10.2. The van der Waals surface area contributed by atoms with E-state index in [4.69, 9.17) is 0 Å². The van der Waals surface area contributed by atoms with Gasteiger partial charge < -0.3 is 4.90 Å². The van der Waals surface area contributed by atoms with Crippen LogP contribution >= 0.6 is 0 Å². The van der Waals surface area contributed by atoms with Gasteiger partial charge in [0.2, 0.25) is 0 Å². The SMILES string of the molecule is O=C(Nc1ccnc(C2CC2)n1)N1CC=CCC1. The molecule has 0 spiro atoms. The molecule has 0 atom stereocenters. The van der Waals surface area contributed by atoms with Crippen molar-refractivity contribution in [1.29, 1.82) is 0 Å². The molecule has 1 N–H and O–H groups in total. The van der Waals surface area contributed by atoms with E-state index in [0.717, 1.165) is 31.6 Å². The Hall–Kier alpha value is -1.91. The minimum atomic E-state index is -0.0835. The molecule has 1 saturated carbocycles. The Kier molecular flexibility index (Phi) is 2.96. The molecule has 3 rings (SSSR count). The van der Waals surface area contributed by atoms with Crippen molar-refractivity contribution in [3.8, 4) is 0 Å². The van der Waals surface area contributed by atoms with E-state index in [1.54, 1.807) is 17.2 Å². The van der Waals surface area contributed by atoms with Crippen molar-refractivity contribution in [3.63, 3.8) is 0 Å². The summed E-state index contributed by atoms with van der Waals surface area (Å²) in [4.78, 5) is 22.4. The number of hydrogen-bond donors (Lipinski definition) is 1. The highest BCUT2D eigenvalue weighted by atomic mass is 16.2. The molecule has 1 aliphatic carbocycles. The fourth-order valence-electron chi connectivity index (χ4n) is 2.00. The lowest BCUT2D eigenvalue weighted by molar-refractivity contribution is 0.216. The number of aromatic nitrogens is 2. The lowest BCUT2D eigenvalue weighted by atomic mass is 10.3. The van der Waals surface area contributed by atoms with Gasteiger partial charge in [0.25, 0.3) is 0 Å². The Balaban J connectivity index is 1.66. The molecule has 0 saturated heterocycles. The number of carbonyl (C=O) groups is 1. The molecule has 0 bridgehead atoms. The molecule has 5 nitrogen and oxygen atoms in total. The van der Waals surface area contributed by atoms with Crippen molar-refractivity contribution < 1.29 is 4.79 Å². The maximum absolute atomic E-state index is 12.0. The highest BCUT2D eigenvalue weighted by Crippen LogP contribution is 2.38. The second kappa shape index (κ2) is 4.76. The summed E-state index contributed by atoms with van der Waals surface area (Å²) in [6, 6.07) is 1.66. The van der Waals surface area contributed by atoms with Gasteiger partial charge >= 0.3 is 6.03 Å². The average molecular weight is 244 g/mol. The lowest BCUT2D eigenvalue weighted by Crippen LogP contribution is -2.37. The van der Waals surface area contributed by atoms with E-state index in [9.17, 15) is 4.79 Å². The van der Waals surface area contributed by atoms with E-state index in [-0.39, 0.29) is 6.03 Å². The molecule has 1 aliphatic heterocycles. The average Bonchev–Trinajstić information content (AvgIpc) is 3.24. The van der Waals surface area contributed by atoms with Crippen LogP contribution in [0.4, 0.5) is 10.6 Å². The molecule has 94 valence electrons. The Labute approximate surface area is 106 Å². The lowest BCUT2D eigenvalue weighted by Gasteiger charge is -2.23. The maximum atomic E-state index is 12.0. The molecule has 2 amide bonds. The van der Waals surface area contributed by atoms with Crippen LogP contribution < -0.4 is 5.32 Å². The van der Waals surface area contributed by atoms with E-state index >= 15 is 0 Å². The van der Waals surface area contributed by atoms with Crippen molar-refractivity contribution >= 4 is 11.8 Å². The van der Waals surface area contributed by atoms with Crippen molar-refractivity contribution in [3.05, 3.63) is 30.2 Å². The van der Waals surface area contributed by atoms with Crippen LogP contribution in [-0.2, 0) is 0 Å². The topological polar surface area (TPSA) is 58.1 Å². The van der Waals surface area contributed by atoms with Gasteiger partial charge in [0.15, 0.2) is 0 Å². The second-order valence-corrected chi connectivity index (χ2v) is 4.71. The molecular formula is C13H16N4O. The third kappa shape index (κ3) is 2.50. The van der Waals surface area contributed by atoms with Crippen LogP contribution in [0.15, 0.2) is 24.4 Å². The van der Waals surface area contributed by atoms with Gasteiger partial charge in [-0.1, -0.05) is 12.2 Å². The Morgan fingerprint density at radius 3 is 3.00 bits per heavy atom. The zero-order valence-electron chi connectivity index (χ0n) is 10.2. The molecule has 0 radical (unpaired) electrons. The van der Waals surface area contributed by atoms with Gasteiger partial charge in [0, 0.05) is 25.2 Å². The first-order chi connectivity index (χ1) is 8.83. The predicted octanol–water partition coefficient (Wildman–Crippen LogP) is 2.15. The van der Waals surface area contributed by atoms with Gasteiger partial charge in [-0.15, -0.1) is 0 Å². The summed E-state index contributed by atoms with van der Waals surface area (Å²) < 4.78 is 0. The second-order valence-electron chi connectivity index (χ2n) is 4.71. The van der Waals surface area contributed by atoms with E-state index in [1.165, 1.54) is 0 Å². The van der Waals surface area contributed by atoms with E-state index in [2.05, 4.69) is 21.4 Å². The molecule has 1 aromatic rings. The minimum Gasteiger partial charge on any atom is -0.320 e. The Morgan fingerprint density at radius 2 is 2.28 bits per heavy atom. The maximum Gasteiger partial charge on any atom is 0.323 e. The summed E-state index contributed by atoms with van der Waals surface area (Å²) >= 11 is 0. The first kappa shape index (κ1) is 11.2. The molecule has 2 heterocycles. The first-order valence-electron chi connectivity index (χ1n) is 6.37. The minimum absolute atomic E-state index is 0.0835. The standard InChI is InChI=1S/C13H16N4O/c18-13(17-8-2-1-3-9-17)16-11-6-7-14-12(15-11)10-4-5-10/h1-2,6-7,10H,3-5,8-9H2,(H,14,15,16,18). The normalized spacial score (nSPS) is 18.8. The van der Waals surface area contributed by atoms with Gasteiger partial charge in [0.1, 0.15) is 11.6 Å². The van der Waals surface area contributed by atoms with Crippen LogP contribution in [0.5, 0.6) is 0 Å². The van der Waals surface area contributed by atoms with Gasteiger partial charge in [0.05, 0.1) is 0 Å². The molecule has 18 heavy (non-hydrogen) atoms. The van der Waals surface area contributed by atoms with E-state index in [1.807, 2.05) is 6.08 Å². The number of carbonyl (C=O) groups excluding carboxylic acids is 1. The third-order valence-electron chi connectivity index (χ3n) is 3.20. The zero-order chi connectivity index (χ0) is 12.4. The summed E-state index contributed by atoms with van der Waals surface area (Å²) in [7, 11) is 0. The summed E-state index contributed by atoms with van der Waals surface area (Å²) in [5.41, 5.74) is 0. The van der Waals surface area contributed by atoms with Crippen LogP contribution in [-0.4, -0.2) is 34.0 Å². The van der Waals surface area contributed by atoms with Gasteiger partial charge in [-0.25, -0.2) is 14.8 Å². The molecule has 5 heteroatoms. The van der Waals surface area contributed by atoms with Crippen LogP contribution in [0.3, 0.4) is 0 Å². The Morgan fingerprint density at radius 1 is 1.39 bits per heavy atom. The smallest absolute Gasteiger partial charge is 0.320 e. The molecule has 2 aliphatic rings. The van der Waals surface area contributed by atoms with Crippen LogP contribution in [0.1, 0.15) is 31.0 Å². The van der Waals surface area contributed by atoms with Crippen molar-refractivity contribution in [2.24, 2.45) is 0 Å². The highest BCUT2D eigenvalue weighted by molar-refractivity contribution is 5.88. The van der Waals surface area contributed by atoms with Gasteiger partial charge in [-0.3, -0.25) is 5.32 Å². The molecule has 1 fully saturated rings. The molecule has 0 unspecified atom stereocenters. The summed E-state index contributed by atoms with van der Waals surface area (Å²) in [5.74, 6) is 1.96. The number of urea groups is 1. The molecular weight excluding hydrogens is 228 g/mol. The van der Waals surface area contributed by atoms with Crippen LogP contribution in [0.25, 0.3) is 0 Å². The van der Waals surface area contributed by atoms with Crippen molar-refractivity contribution in [1.82, 2.24) is 14.9 Å². The molecule has 0 aromatic carbocycles. The monoisotopic (exact) mass is 244 g/mol. The third-order valence-corrected chi connectivity index (χ3v) is 3.20. The fraction of sp³-hybridized carbons (Fsp3) is 0.462. The Bertz CT molecular complexity index is 482. The summed E-state index contributed by atoms with van der Waals surface area (Å²) in [6.45, 7) is 1.44. The highest BCUT2D eigenvalue weighted by Gasteiger charge is 2.26. The number of nitrogens with one attached hydrogen (secondary N) is 1. The molecule has 1 aromatic heterocycles. The number of hydrogen-bond acceptors (Lipinski definition) is 3. The summed E-state index contributed by atoms with van der Waals surface area (Å²) in [6.07, 6.45) is 9.07. The van der Waals surface area contributed by atoms with E-state index < -0.39 is 0 Å². The van der Waals surface area contributed by atoms with Crippen molar-refractivity contribution in [2.45, 2.75) is 25.2 Å². The summed E-state index contributed by atoms with van der Waals surface area (Å²) in [5, 5.41) is 2.84. The number of rotatable bonds is 2. The first-order valence-corrected chi connectivity index (χ1v) is 6.37. The number of amides is 2.